The van der Waals surface area contributed by atoms with Crippen LogP contribution in [0, 0.1) is 6.92 Å². The minimum Gasteiger partial charge on any atom is -0.314 e. The van der Waals surface area contributed by atoms with E-state index in [1.54, 1.807) is 0 Å². The molecule has 1 radical (unpaired) electrons. The molecule has 9 heavy (non-hydrogen) atoms. The molecule has 0 saturated heterocycles. The highest BCUT2D eigenvalue weighted by molar-refractivity contribution is 4.66. The highest BCUT2D eigenvalue weighted by Crippen LogP contribution is 1.97. The van der Waals surface area contributed by atoms with Crippen LogP contribution in [0.5, 0.6) is 0 Å². The van der Waals surface area contributed by atoms with Gasteiger partial charge in [-0.25, -0.2) is 0 Å². The normalized spacial score (nSPS) is 13.7. The molecule has 1 heteroatoms. The third-order valence-corrected chi connectivity index (χ3v) is 1.40. The standard InChI is InChI=1S/C8H18N/c1-4-6-7-8(3)9-5-2/h8-9H,3-7H2,1-2H3. The second-order valence-electron chi connectivity index (χ2n) is 2.40. The van der Waals surface area contributed by atoms with Gasteiger partial charge in [0.15, 0.2) is 0 Å². The molecule has 55 valence electrons. The SMILES string of the molecule is [CH2]C(CCCC)NCC. The number of hydrogen-bond acceptors (Lipinski definition) is 1. The molecule has 0 aliphatic heterocycles. The Bertz CT molecular complexity index is 52.5. The largest absolute Gasteiger partial charge is 0.314 e. The van der Waals surface area contributed by atoms with Crippen molar-refractivity contribution >= 4 is 0 Å². The minimum atomic E-state index is 0.468. The van der Waals surface area contributed by atoms with Gasteiger partial charge >= 0.3 is 0 Å². The van der Waals surface area contributed by atoms with E-state index in [0.717, 1.165) is 6.54 Å². The smallest absolute Gasteiger partial charge is 0.00675 e. The molecule has 1 atom stereocenters. The quantitative estimate of drug-likeness (QED) is 0.597. The van der Waals surface area contributed by atoms with Crippen molar-refractivity contribution in [2.24, 2.45) is 0 Å². The van der Waals surface area contributed by atoms with Crippen molar-refractivity contribution in [2.75, 3.05) is 6.54 Å². The van der Waals surface area contributed by atoms with E-state index in [2.05, 4.69) is 26.1 Å². The molecule has 0 saturated carbocycles. The van der Waals surface area contributed by atoms with Gasteiger partial charge in [-0.15, -0.1) is 0 Å². The molecule has 1 N–H and O–H groups in total. The molecular weight excluding hydrogens is 110 g/mol. The third kappa shape index (κ3) is 5.84. The van der Waals surface area contributed by atoms with Gasteiger partial charge in [-0.05, 0) is 19.9 Å². The Morgan fingerprint density at radius 1 is 1.44 bits per heavy atom. The fourth-order valence-corrected chi connectivity index (χ4v) is 0.841. The highest BCUT2D eigenvalue weighted by atomic mass is 14.9. The first-order chi connectivity index (χ1) is 4.31. The van der Waals surface area contributed by atoms with Crippen molar-refractivity contribution in [1.29, 1.82) is 0 Å². The number of nitrogens with one attached hydrogen (secondary N) is 1. The zero-order chi connectivity index (χ0) is 7.11. The Balaban J connectivity index is 2.95. The molecule has 0 heterocycles. The summed E-state index contributed by atoms with van der Waals surface area (Å²) in [6.07, 6.45) is 3.78. The van der Waals surface area contributed by atoms with Crippen LogP contribution in [0.25, 0.3) is 0 Å². The van der Waals surface area contributed by atoms with Gasteiger partial charge in [0.25, 0.3) is 0 Å². The Morgan fingerprint density at radius 2 is 2.11 bits per heavy atom. The molecule has 0 aromatic carbocycles. The van der Waals surface area contributed by atoms with Crippen LogP contribution < -0.4 is 5.32 Å². The maximum atomic E-state index is 3.95. The van der Waals surface area contributed by atoms with E-state index in [1.165, 1.54) is 19.3 Å². The summed E-state index contributed by atoms with van der Waals surface area (Å²) in [5.41, 5.74) is 0. The molecule has 0 rings (SSSR count). The predicted octanol–water partition coefficient (Wildman–Crippen LogP) is 1.99. The zero-order valence-corrected chi connectivity index (χ0v) is 6.61. The van der Waals surface area contributed by atoms with E-state index in [9.17, 15) is 0 Å². The van der Waals surface area contributed by atoms with Gasteiger partial charge in [-0.1, -0.05) is 26.7 Å². The van der Waals surface area contributed by atoms with Crippen LogP contribution in [-0.4, -0.2) is 12.6 Å². The molecular formula is C8H18N. The van der Waals surface area contributed by atoms with Gasteiger partial charge in [-0.3, -0.25) is 0 Å². The second-order valence-corrected chi connectivity index (χ2v) is 2.40. The number of hydrogen-bond donors (Lipinski definition) is 1. The molecule has 0 aliphatic rings. The lowest BCUT2D eigenvalue weighted by molar-refractivity contribution is 0.545. The third-order valence-electron chi connectivity index (χ3n) is 1.40. The Morgan fingerprint density at radius 3 is 2.56 bits per heavy atom. The molecule has 0 aliphatic carbocycles. The van der Waals surface area contributed by atoms with Crippen LogP contribution in [0.3, 0.4) is 0 Å². The van der Waals surface area contributed by atoms with Crippen LogP contribution >= 0.6 is 0 Å². The van der Waals surface area contributed by atoms with Crippen molar-refractivity contribution < 1.29 is 0 Å². The average molecular weight is 128 g/mol. The Hall–Kier alpha value is -0.0400. The van der Waals surface area contributed by atoms with Crippen molar-refractivity contribution in [1.82, 2.24) is 5.32 Å². The molecule has 0 aromatic rings. The van der Waals surface area contributed by atoms with E-state index >= 15 is 0 Å². The monoisotopic (exact) mass is 128 g/mol. The lowest BCUT2D eigenvalue weighted by Crippen LogP contribution is -2.25. The van der Waals surface area contributed by atoms with Crippen molar-refractivity contribution in [3.8, 4) is 0 Å². The number of unbranched alkanes of at least 4 members (excludes halogenated alkanes) is 1. The van der Waals surface area contributed by atoms with Gasteiger partial charge in [0, 0.05) is 6.04 Å². The summed E-state index contributed by atoms with van der Waals surface area (Å²) in [6, 6.07) is 0.468. The van der Waals surface area contributed by atoms with Gasteiger partial charge < -0.3 is 5.32 Å². The van der Waals surface area contributed by atoms with Crippen molar-refractivity contribution in [3.63, 3.8) is 0 Å². The predicted molar refractivity (Wildman–Crippen MR) is 42.3 cm³/mol. The summed E-state index contributed by atoms with van der Waals surface area (Å²) >= 11 is 0. The zero-order valence-electron chi connectivity index (χ0n) is 6.61. The van der Waals surface area contributed by atoms with Crippen LogP contribution in [0.4, 0.5) is 0 Å². The van der Waals surface area contributed by atoms with E-state index in [1.807, 2.05) is 0 Å². The topological polar surface area (TPSA) is 12.0 Å². The average Bonchev–Trinajstić information content (AvgIpc) is 1.85. The molecule has 0 aromatic heterocycles. The van der Waals surface area contributed by atoms with Gasteiger partial charge in [-0.2, -0.15) is 0 Å². The summed E-state index contributed by atoms with van der Waals surface area (Å²) in [7, 11) is 0. The van der Waals surface area contributed by atoms with Gasteiger partial charge in [0.05, 0.1) is 0 Å². The van der Waals surface area contributed by atoms with E-state index < -0.39 is 0 Å². The first-order valence-electron chi connectivity index (χ1n) is 3.87. The van der Waals surface area contributed by atoms with Crippen LogP contribution in [0.1, 0.15) is 33.1 Å². The summed E-state index contributed by atoms with van der Waals surface area (Å²) < 4.78 is 0. The first kappa shape index (κ1) is 8.96. The number of rotatable bonds is 5. The molecule has 0 bridgehead atoms. The van der Waals surface area contributed by atoms with Gasteiger partial charge in [0.2, 0.25) is 0 Å². The minimum absolute atomic E-state index is 0.468. The fraction of sp³-hybridized carbons (Fsp3) is 0.875. The van der Waals surface area contributed by atoms with E-state index in [0.29, 0.717) is 6.04 Å². The lowest BCUT2D eigenvalue weighted by atomic mass is 10.1. The maximum absolute atomic E-state index is 3.95. The van der Waals surface area contributed by atoms with Gasteiger partial charge in [0.1, 0.15) is 0 Å². The first-order valence-corrected chi connectivity index (χ1v) is 3.87. The molecule has 0 fully saturated rings. The molecule has 1 unspecified atom stereocenters. The van der Waals surface area contributed by atoms with Crippen LogP contribution in [-0.2, 0) is 0 Å². The Labute approximate surface area is 58.8 Å². The molecule has 1 nitrogen and oxygen atoms in total. The summed E-state index contributed by atoms with van der Waals surface area (Å²) in [5, 5.41) is 3.27. The molecule has 0 amide bonds. The summed E-state index contributed by atoms with van der Waals surface area (Å²) in [6.45, 7) is 9.32. The van der Waals surface area contributed by atoms with Crippen molar-refractivity contribution in [2.45, 2.75) is 39.2 Å². The summed E-state index contributed by atoms with van der Waals surface area (Å²) in [5.74, 6) is 0. The van der Waals surface area contributed by atoms with Crippen LogP contribution in [0.2, 0.25) is 0 Å². The second kappa shape index (κ2) is 6.09. The van der Waals surface area contributed by atoms with Crippen LogP contribution in [0.15, 0.2) is 0 Å². The highest BCUT2D eigenvalue weighted by Gasteiger charge is 1.95. The fourth-order valence-electron chi connectivity index (χ4n) is 0.841. The van der Waals surface area contributed by atoms with E-state index in [4.69, 9.17) is 0 Å². The maximum Gasteiger partial charge on any atom is 0.00675 e. The molecule has 0 spiro atoms. The summed E-state index contributed by atoms with van der Waals surface area (Å²) in [4.78, 5) is 0. The lowest BCUT2D eigenvalue weighted by Gasteiger charge is -2.09. The van der Waals surface area contributed by atoms with E-state index in [-0.39, 0.29) is 0 Å². The Kier molecular flexibility index (Phi) is 6.06. The van der Waals surface area contributed by atoms with Crippen molar-refractivity contribution in [3.05, 3.63) is 6.92 Å².